The fourth-order valence-electron chi connectivity index (χ4n) is 2.60. The Morgan fingerprint density at radius 1 is 1.17 bits per heavy atom. The standard InChI is InChI=1S/C21H21ClN2O3S2/c1-26-15-7-10-17(19(12-15)27-2)18-13-29-21(23-18)24-20(25)4-3-11-28-16-8-5-14(22)6-9-16/h5-10,12-13H,3-4,11H2,1-2H3,(H,23,24,25). The third-order valence-electron chi connectivity index (χ3n) is 4.07. The molecule has 1 N–H and O–H groups in total. The summed E-state index contributed by atoms with van der Waals surface area (Å²) in [5, 5.41) is 6.08. The minimum atomic E-state index is -0.0377. The first kappa shape index (κ1) is 21.5. The molecule has 0 atom stereocenters. The topological polar surface area (TPSA) is 60.5 Å². The van der Waals surface area contributed by atoms with E-state index in [4.69, 9.17) is 21.1 Å². The number of hydrogen-bond donors (Lipinski definition) is 1. The molecule has 5 nitrogen and oxygen atoms in total. The number of nitrogens with zero attached hydrogens (tertiary/aromatic N) is 1. The number of carbonyl (C=O) groups is 1. The van der Waals surface area contributed by atoms with Gasteiger partial charge in [-0.3, -0.25) is 4.79 Å². The number of halogens is 1. The van der Waals surface area contributed by atoms with E-state index in [1.54, 1.807) is 26.0 Å². The van der Waals surface area contributed by atoms with Crippen molar-refractivity contribution < 1.29 is 14.3 Å². The third kappa shape index (κ3) is 6.13. The summed E-state index contributed by atoms with van der Waals surface area (Å²) in [6.45, 7) is 0. The zero-order valence-electron chi connectivity index (χ0n) is 16.1. The molecule has 1 amide bonds. The van der Waals surface area contributed by atoms with Crippen molar-refractivity contribution in [2.24, 2.45) is 0 Å². The van der Waals surface area contributed by atoms with Crippen LogP contribution >= 0.6 is 34.7 Å². The summed E-state index contributed by atoms with van der Waals surface area (Å²) in [5.74, 6) is 2.21. The van der Waals surface area contributed by atoms with Crippen molar-refractivity contribution in [1.29, 1.82) is 0 Å². The maximum absolute atomic E-state index is 12.2. The van der Waals surface area contributed by atoms with Crippen LogP contribution in [0, 0.1) is 0 Å². The Hall–Kier alpha value is -2.22. The quantitative estimate of drug-likeness (QED) is 0.321. The van der Waals surface area contributed by atoms with E-state index in [0.29, 0.717) is 23.1 Å². The summed E-state index contributed by atoms with van der Waals surface area (Å²) in [6.07, 6.45) is 1.23. The zero-order chi connectivity index (χ0) is 20.6. The number of thiazole rings is 1. The van der Waals surface area contributed by atoms with Crippen LogP contribution in [-0.4, -0.2) is 30.9 Å². The lowest BCUT2D eigenvalue weighted by atomic mass is 10.1. The van der Waals surface area contributed by atoms with E-state index in [0.717, 1.165) is 33.3 Å². The first-order valence-electron chi connectivity index (χ1n) is 8.95. The van der Waals surface area contributed by atoms with Crippen LogP contribution in [0.25, 0.3) is 11.3 Å². The van der Waals surface area contributed by atoms with Gasteiger partial charge in [-0.15, -0.1) is 23.1 Å². The van der Waals surface area contributed by atoms with E-state index in [9.17, 15) is 4.79 Å². The highest BCUT2D eigenvalue weighted by molar-refractivity contribution is 7.99. The molecular weight excluding hydrogens is 428 g/mol. The van der Waals surface area contributed by atoms with Gasteiger partial charge in [0, 0.05) is 33.3 Å². The Kier molecular flexibility index (Phi) is 7.80. The fraction of sp³-hybridized carbons (Fsp3) is 0.238. The average molecular weight is 449 g/mol. The lowest BCUT2D eigenvalue weighted by molar-refractivity contribution is -0.116. The van der Waals surface area contributed by atoms with Crippen molar-refractivity contribution in [3.05, 3.63) is 52.9 Å². The number of nitrogens with one attached hydrogen (secondary N) is 1. The molecule has 0 aliphatic rings. The highest BCUT2D eigenvalue weighted by Gasteiger charge is 2.12. The van der Waals surface area contributed by atoms with E-state index in [-0.39, 0.29) is 5.91 Å². The van der Waals surface area contributed by atoms with Gasteiger partial charge in [-0.25, -0.2) is 4.98 Å². The van der Waals surface area contributed by atoms with Crippen molar-refractivity contribution >= 4 is 45.7 Å². The predicted octanol–water partition coefficient (Wildman–Crippen LogP) is 5.99. The highest BCUT2D eigenvalue weighted by Crippen LogP contribution is 2.34. The van der Waals surface area contributed by atoms with Crippen LogP contribution in [-0.2, 0) is 4.79 Å². The van der Waals surface area contributed by atoms with Crippen molar-refractivity contribution in [2.75, 3.05) is 25.3 Å². The van der Waals surface area contributed by atoms with Crippen molar-refractivity contribution in [3.8, 4) is 22.8 Å². The summed E-state index contributed by atoms with van der Waals surface area (Å²) in [5.41, 5.74) is 1.60. The number of benzene rings is 2. The molecule has 2 aromatic carbocycles. The molecule has 0 bridgehead atoms. The van der Waals surface area contributed by atoms with Gasteiger partial charge in [0.25, 0.3) is 0 Å². The average Bonchev–Trinajstić information content (AvgIpc) is 3.20. The molecule has 0 spiro atoms. The van der Waals surface area contributed by atoms with Gasteiger partial charge in [-0.1, -0.05) is 11.6 Å². The summed E-state index contributed by atoms with van der Waals surface area (Å²) in [4.78, 5) is 17.9. The molecule has 0 radical (unpaired) electrons. The molecule has 0 aliphatic carbocycles. The molecule has 1 aromatic heterocycles. The van der Waals surface area contributed by atoms with E-state index >= 15 is 0 Å². The van der Waals surface area contributed by atoms with Crippen molar-refractivity contribution in [2.45, 2.75) is 17.7 Å². The van der Waals surface area contributed by atoms with E-state index in [2.05, 4.69) is 10.3 Å². The Labute approximate surface area is 183 Å². The number of methoxy groups -OCH3 is 2. The number of aromatic nitrogens is 1. The van der Waals surface area contributed by atoms with E-state index in [1.807, 2.05) is 47.8 Å². The fourth-order valence-corrected chi connectivity index (χ4v) is 4.31. The molecule has 152 valence electrons. The summed E-state index contributed by atoms with van der Waals surface area (Å²) < 4.78 is 10.7. The molecule has 29 heavy (non-hydrogen) atoms. The Bertz CT molecular complexity index is 961. The van der Waals surface area contributed by atoms with E-state index in [1.165, 1.54) is 11.3 Å². The molecule has 0 aliphatic heterocycles. The first-order valence-corrected chi connectivity index (χ1v) is 11.2. The molecule has 0 saturated heterocycles. The maximum Gasteiger partial charge on any atom is 0.226 e. The van der Waals surface area contributed by atoms with Gasteiger partial charge < -0.3 is 14.8 Å². The number of hydrogen-bond acceptors (Lipinski definition) is 6. The van der Waals surface area contributed by atoms with Crippen molar-refractivity contribution in [3.63, 3.8) is 0 Å². The Morgan fingerprint density at radius 3 is 2.69 bits per heavy atom. The molecule has 8 heteroatoms. The summed E-state index contributed by atoms with van der Waals surface area (Å²) >= 11 is 8.98. The SMILES string of the molecule is COc1ccc(-c2csc(NC(=O)CCCSc3ccc(Cl)cc3)n2)c(OC)c1. The second kappa shape index (κ2) is 10.5. The maximum atomic E-state index is 12.2. The van der Waals surface area contributed by atoms with Crippen LogP contribution in [0.4, 0.5) is 5.13 Å². The molecule has 1 heterocycles. The van der Waals surface area contributed by atoms with Crippen molar-refractivity contribution in [1.82, 2.24) is 4.98 Å². The minimum Gasteiger partial charge on any atom is -0.497 e. The highest BCUT2D eigenvalue weighted by atomic mass is 35.5. The van der Waals surface area contributed by atoms with Crippen LogP contribution in [0.1, 0.15) is 12.8 Å². The number of carbonyl (C=O) groups excluding carboxylic acids is 1. The number of ether oxygens (including phenoxy) is 2. The monoisotopic (exact) mass is 448 g/mol. The Morgan fingerprint density at radius 2 is 1.97 bits per heavy atom. The smallest absolute Gasteiger partial charge is 0.226 e. The van der Waals surface area contributed by atoms with Crippen LogP contribution in [0.5, 0.6) is 11.5 Å². The van der Waals surface area contributed by atoms with Crippen LogP contribution in [0.2, 0.25) is 5.02 Å². The van der Waals surface area contributed by atoms with Gasteiger partial charge in [0.2, 0.25) is 5.91 Å². The number of anilines is 1. The normalized spacial score (nSPS) is 10.6. The largest absolute Gasteiger partial charge is 0.497 e. The molecule has 3 rings (SSSR count). The van der Waals surface area contributed by atoms with Gasteiger partial charge in [0.05, 0.1) is 19.9 Å². The van der Waals surface area contributed by atoms with Gasteiger partial charge in [0.1, 0.15) is 11.5 Å². The lowest BCUT2D eigenvalue weighted by Crippen LogP contribution is -2.11. The summed E-state index contributed by atoms with van der Waals surface area (Å²) in [7, 11) is 3.22. The van der Waals surface area contributed by atoms with Gasteiger partial charge in [-0.2, -0.15) is 0 Å². The van der Waals surface area contributed by atoms with Gasteiger partial charge in [-0.05, 0) is 48.6 Å². The minimum absolute atomic E-state index is 0.0377. The Balaban J connectivity index is 1.50. The lowest BCUT2D eigenvalue weighted by Gasteiger charge is -2.08. The first-order chi connectivity index (χ1) is 14.1. The number of amides is 1. The predicted molar refractivity (Wildman–Crippen MR) is 121 cm³/mol. The molecular formula is C21H21ClN2O3S2. The zero-order valence-corrected chi connectivity index (χ0v) is 18.5. The molecule has 0 unspecified atom stereocenters. The van der Waals surface area contributed by atoms with Crippen LogP contribution in [0.15, 0.2) is 52.7 Å². The van der Waals surface area contributed by atoms with Gasteiger partial charge >= 0.3 is 0 Å². The molecule has 0 fully saturated rings. The molecule has 0 saturated carbocycles. The van der Waals surface area contributed by atoms with Crippen LogP contribution < -0.4 is 14.8 Å². The van der Waals surface area contributed by atoms with Gasteiger partial charge in [0.15, 0.2) is 5.13 Å². The second-order valence-corrected chi connectivity index (χ2v) is 8.52. The van der Waals surface area contributed by atoms with Crippen LogP contribution in [0.3, 0.4) is 0 Å². The molecule has 3 aromatic rings. The third-order valence-corrected chi connectivity index (χ3v) is 6.17. The number of rotatable bonds is 9. The summed E-state index contributed by atoms with van der Waals surface area (Å²) in [6, 6.07) is 13.3. The second-order valence-electron chi connectivity index (χ2n) is 6.06. The number of thioether (sulfide) groups is 1. The van der Waals surface area contributed by atoms with E-state index < -0.39 is 0 Å².